The van der Waals surface area contributed by atoms with Crippen molar-refractivity contribution in [2.24, 2.45) is 11.3 Å². The molecule has 17 heavy (non-hydrogen) atoms. The predicted molar refractivity (Wildman–Crippen MR) is 75.1 cm³/mol. The van der Waals surface area contributed by atoms with Crippen molar-refractivity contribution in [3.8, 4) is 0 Å². The first-order chi connectivity index (χ1) is 7.83. The molecule has 0 aliphatic rings. The van der Waals surface area contributed by atoms with E-state index in [-0.39, 0.29) is 0 Å². The highest BCUT2D eigenvalue weighted by molar-refractivity contribution is 5.16. The molecular formula is C15H28N2. The van der Waals surface area contributed by atoms with Gasteiger partial charge in [0.05, 0.1) is 0 Å². The van der Waals surface area contributed by atoms with Crippen molar-refractivity contribution < 1.29 is 0 Å². The maximum atomic E-state index is 3.39. The Bertz CT molecular complexity index is 331. The third-order valence-electron chi connectivity index (χ3n) is 3.23. The average Bonchev–Trinajstić information content (AvgIpc) is 2.63. The third kappa shape index (κ3) is 4.55. The zero-order chi connectivity index (χ0) is 13.1. The molecule has 0 saturated carbocycles. The number of nitrogens with one attached hydrogen (secondary N) is 1. The topological polar surface area (TPSA) is 17.0 Å². The maximum absolute atomic E-state index is 3.39. The monoisotopic (exact) mass is 236 g/mol. The molecule has 0 amide bonds. The van der Waals surface area contributed by atoms with Crippen molar-refractivity contribution in [3.05, 3.63) is 24.0 Å². The lowest BCUT2D eigenvalue weighted by Gasteiger charge is -2.20. The van der Waals surface area contributed by atoms with Gasteiger partial charge in [-0.25, -0.2) is 0 Å². The van der Waals surface area contributed by atoms with Crippen LogP contribution < -0.4 is 5.32 Å². The van der Waals surface area contributed by atoms with Crippen LogP contribution >= 0.6 is 0 Å². The first-order valence-corrected chi connectivity index (χ1v) is 6.66. The maximum Gasteiger partial charge on any atom is 0.0355 e. The van der Waals surface area contributed by atoms with Crippen molar-refractivity contribution in [1.29, 1.82) is 0 Å². The fourth-order valence-corrected chi connectivity index (χ4v) is 2.13. The Morgan fingerprint density at radius 3 is 2.41 bits per heavy atom. The van der Waals surface area contributed by atoms with E-state index < -0.39 is 0 Å². The second-order valence-electron chi connectivity index (χ2n) is 6.50. The van der Waals surface area contributed by atoms with Crippen molar-refractivity contribution >= 4 is 0 Å². The van der Waals surface area contributed by atoms with Gasteiger partial charge in [-0.3, -0.25) is 0 Å². The van der Waals surface area contributed by atoms with E-state index in [1.165, 1.54) is 12.0 Å². The van der Waals surface area contributed by atoms with Crippen molar-refractivity contribution in [3.63, 3.8) is 0 Å². The molecule has 0 aliphatic heterocycles. The van der Waals surface area contributed by atoms with Gasteiger partial charge < -0.3 is 9.88 Å². The van der Waals surface area contributed by atoms with Gasteiger partial charge in [-0.1, -0.05) is 34.6 Å². The fraction of sp³-hybridized carbons (Fsp3) is 0.733. The molecule has 1 aromatic heterocycles. The summed E-state index contributed by atoms with van der Waals surface area (Å²) in [5.41, 5.74) is 1.81. The number of rotatable bonds is 5. The Morgan fingerprint density at radius 1 is 1.29 bits per heavy atom. The van der Waals surface area contributed by atoms with Gasteiger partial charge >= 0.3 is 0 Å². The van der Waals surface area contributed by atoms with Gasteiger partial charge in [0.15, 0.2) is 0 Å². The van der Waals surface area contributed by atoms with E-state index in [4.69, 9.17) is 0 Å². The molecule has 0 bridgehead atoms. The van der Waals surface area contributed by atoms with Crippen LogP contribution in [0.5, 0.6) is 0 Å². The molecule has 0 aromatic carbocycles. The van der Waals surface area contributed by atoms with Crippen LogP contribution in [0.4, 0.5) is 0 Å². The summed E-state index contributed by atoms with van der Waals surface area (Å²) in [5.74, 6) is 0.624. The van der Waals surface area contributed by atoms with Crippen LogP contribution in [0.25, 0.3) is 0 Å². The van der Waals surface area contributed by atoms with Crippen LogP contribution in [-0.4, -0.2) is 11.6 Å². The minimum absolute atomic E-state index is 0.408. The lowest BCUT2D eigenvalue weighted by Crippen LogP contribution is -2.21. The molecular weight excluding hydrogens is 208 g/mol. The van der Waals surface area contributed by atoms with Crippen LogP contribution in [0, 0.1) is 11.3 Å². The van der Waals surface area contributed by atoms with Gasteiger partial charge in [0.25, 0.3) is 0 Å². The highest BCUT2D eigenvalue weighted by atomic mass is 15.0. The number of aryl methyl sites for hydroxylation is 1. The lowest BCUT2D eigenvalue weighted by molar-refractivity contribution is 0.350. The molecule has 1 N–H and O–H groups in total. The van der Waals surface area contributed by atoms with Gasteiger partial charge in [-0.05, 0) is 36.4 Å². The van der Waals surface area contributed by atoms with Gasteiger partial charge in [-0.2, -0.15) is 0 Å². The van der Waals surface area contributed by atoms with E-state index in [2.05, 4.69) is 63.0 Å². The SMILES string of the molecule is CNC(c1ccn(CCC(C)(C)C)c1)C(C)C. The Hall–Kier alpha value is -0.760. The van der Waals surface area contributed by atoms with Crippen LogP contribution in [0.1, 0.15) is 52.6 Å². The van der Waals surface area contributed by atoms with Gasteiger partial charge in [0.1, 0.15) is 0 Å². The largest absolute Gasteiger partial charge is 0.354 e. The van der Waals surface area contributed by atoms with Gasteiger partial charge in [-0.15, -0.1) is 0 Å². The molecule has 1 heterocycles. The van der Waals surface area contributed by atoms with Crippen molar-refractivity contribution in [2.45, 2.75) is 53.6 Å². The second-order valence-corrected chi connectivity index (χ2v) is 6.50. The molecule has 1 unspecified atom stereocenters. The first kappa shape index (κ1) is 14.3. The third-order valence-corrected chi connectivity index (χ3v) is 3.23. The van der Waals surface area contributed by atoms with E-state index in [0.717, 1.165) is 6.54 Å². The van der Waals surface area contributed by atoms with Crippen LogP contribution in [-0.2, 0) is 6.54 Å². The first-order valence-electron chi connectivity index (χ1n) is 6.66. The fourth-order valence-electron chi connectivity index (χ4n) is 2.13. The molecule has 98 valence electrons. The van der Waals surface area contributed by atoms with E-state index in [9.17, 15) is 0 Å². The number of hydrogen-bond donors (Lipinski definition) is 1. The summed E-state index contributed by atoms with van der Waals surface area (Å²) in [6, 6.07) is 2.70. The van der Waals surface area contributed by atoms with Crippen molar-refractivity contribution in [2.75, 3.05) is 7.05 Å². The molecule has 0 aliphatic carbocycles. The molecule has 0 saturated heterocycles. The number of hydrogen-bond acceptors (Lipinski definition) is 1. The quantitative estimate of drug-likeness (QED) is 0.822. The molecule has 0 spiro atoms. The molecule has 0 fully saturated rings. The number of aromatic nitrogens is 1. The average molecular weight is 236 g/mol. The summed E-state index contributed by atoms with van der Waals surface area (Å²) in [5, 5.41) is 3.39. The number of nitrogens with zero attached hydrogens (tertiary/aromatic N) is 1. The van der Waals surface area contributed by atoms with E-state index in [1.54, 1.807) is 0 Å². The smallest absolute Gasteiger partial charge is 0.0355 e. The summed E-state index contributed by atoms with van der Waals surface area (Å²) in [7, 11) is 2.04. The predicted octanol–water partition coefficient (Wildman–Crippen LogP) is 3.84. The van der Waals surface area contributed by atoms with E-state index in [1.807, 2.05) is 7.05 Å². The highest BCUT2D eigenvalue weighted by Gasteiger charge is 2.15. The van der Waals surface area contributed by atoms with E-state index in [0.29, 0.717) is 17.4 Å². The molecule has 1 aromatic rings. The van der Waals surface area contributed by atoms with Crippen LogP contribution in [0.15, 0.2) is 18.5 Å². The Morgan fingerprint density at radius 2 is 1.94 bits per heavy atom. The molecule has 1 atom stereocenters. The normalized spacial score (nSPS) is 14.3. The molecule has 2 nitrogen and oxygen atoms in total. The summed E-state index contributed by atoms with van der Waals surface area (Å²) < 4.78 is 2.31. The Balaban J connectivity index is 2.64. The second kappa shape index (κ2) is 5.72. The summed E-state index contributed by atoms with van der Waals surface area (Å²) in [6.07, 6.45) is 5.70. The summed E-state index contributed by atoms with van der Waals surface area (Å²) in [4.78, 5) is 0. The molecule has 1 rings (SSSR count). The van der Waals surface area contributed by atoms with Crippen LogP contribution in [0.2, 0.25) is 0 Å². The van der Waals surface area contributed by atoms with Crippen molar-refractivity contribution in [1.82, 2.24) is 9.88 Å². The Labute approximate surface area is 106 Å². The molecule has 0 radical (unpaired) electrons. The standard InChI is InChI=1S/C15H28N2/c1-12(2)14(16-6)13-7-9-17(11-13)10-8-15(3,4)5/h7,9,11-12,14,16H,8,10H2,1-6H3. The van der Waals surface area contributed by atoms with E-state index >= 15 is 0 Å². The van der Waals surface area contributed by atoms with Gasteiger partial charge in [0.2, 0.25) is 0 Å². The zero-order valence-electron chi connectivity index (χ0n) is 12.2. The zero-order valence-corrected chi connectivity index (χ0v) is 12.2. The summed E-state index contributed by atoms with van der Waals surface area (Å²) >= 11 is 0. The Kier molecular flexibility index (Phi) is 4.81. The van der Waals surface area contributed by atoms with Gasteiger partial charge in [0, 0.05) is 25.0 Å². The minimum Gasteiger partial charge on any atom is -0.354 e. The van der Waals surface area contributed by atoms with Crippen LogP contribution in [0.3, 0.4) is 0 Å². The highest BCUT2D eigenvalue weighted by Crippen LogP contribution is 2.23. The summed E-state index contributed by atoms with van der Waals surface area (Å²) in [6.45, 7) is 12.5. The lowest BCUT2D eigenvalue weighted by atomic mass is 9.92. The molecule has 2 heteroatoms. The minimum atomic E-state index is 0.408.